The number of halogens is 3. The fourth-order valence-electron chi connectivity index (χ4n) is 2.81. The van der Waals surface area contributed by atoms with Crippen molar-refractivity contribution in [2.45, 2.75) is 26.1 Å². The van der Waals surface area contributed by atoms with E-state index in [2.05, 4.69) is 20.4 Å². The van der Waals surface area contributed by atoms with E-state index in [0.29, 0.717) is 31.0 Å². The molecule has 0 radical (unpaired) electrons. The van der Waals surface area contributed by atoms with Crippen molar-refractivity contribution in [3.05, 3.63) is 35.5 Å². The lowest BCUT2D eigenvalue weighted by atomic mass is 10.0. The van der Waals surface area contributed by atoms with Gasteiger partial charge < -0.3 is 19.7 Å². The highest BCUT2D eigenvalue weighted by molar-refractivity contribution is 5.65. The fourth-order valence-corrected chi connectivity index (χ4v) is 2.81. The van der Waals surface area contributed by atoms with Crippen LogP contribution in [0, 0.1) is 0 Å². The Bertz CT molecular complexity index is 750. The zero-order chi connectivity index (χ0) is 21.3. The molecule has 1 aromatic carbocycles. The van der Waals surface area contributed by atoms with Crippen molar-refractivity contribution >= 4 is 0 Å². The van der Waals surface area contributed by atoms with E-state index in [1.807, 2.05) is 21.0 Å². The molecule has 0 aliphatic rings. The molecule has 0 bridgehead atoms. The summed E-state index contributed by atoms with van der Waals surface area (Å²) in [5.41, 5.74) is 1.00. The van der Waals surface area contributed by atoms with E-state index in [9.17, 15) is 13.2 Å². The van der Waals surface area contributed by atoms with E-state index < -0.39 is 11.7 Å². The topological polar surface area (TPSA) is 62.4 Å². The summed E-state index contributed by atoms with van der Waals surface area (Å²) in [5.74, 6) is 0.152. The number of benzene rings is 1. The van der Waals surface area contributed by atoms with Crippen molar-refractivity contribution < 1.29 is 22.6 Å². The average Bonchev–Trinajstić information content (AvgIpc) is 3.13. The Hall–Kier alpha value is -2.10. The number of nitrogens with zero attached hydrogens (tertiary/aromatic N) is 2. The molecule has 0 aliphatic carbocycles. The molecule has 9 heteroatoms. The first-order valence-corrected chi connectivity index (χ1v) is 9.63. The Kier molecular flexibility index (Phi) is 8.94. The number of aromatic nitrogens is 2. The first-order valence-electron chi connectivity index (χ1n) is 9.63. The molecular weight excluding hydrogens is 385 g/mol. The number of H-pyrrole nitrogens is 1. The Morgan fingerprint density at radius 3 is 2.66 bits per heavy atom. The predicted octanol–water partition coefficient (Wildman–Crippen LogP) is 3.55. The van der Waals surface area contributed by atoms with Crippen molar-refractivity contribution in [1.29, 1.82) is 0 Å². The Morgan fingerprint density at radius 1 is 1.17 bits per heavy atom. The molecule has 1 heterocycles. The third-order valence-corrected chi connectivity index (χ3v) is 4.27. The SMILES string of the molecule is CCCOCCOc1cc(-c2[nH]ncc2CN(C)CCNC)cc(C(F)(F)F)c1. The van der Waals surface area contributed by atoms with Gasteiger partial charge in [-0.1, -0.05) is 6.92 Å². The normalized spacial score (nSPS) is 12.0. The maximum atomic E-state index is 13.4. The summed E-state index contributed by atoms with van der Waals surface area (Å²) in [5, 5.41) is 9.94. The van der Waals surface area contributed by atoms with Gasteiger partial charge in [0.15, 0.2) is 0 Å². The standard InChI is InChI=1S/C20H29F3N4O2/c1-4-7-28-8-9-29-18-11-15(10-17(12-18)20(21,22)23)19-16(13-25-26-19)14-27(3)6-5-24-2/h10-13,24H,4-9,14H2,1-3H3,(H,25,26). The van der Waals surface area contributed by atoms with Crippen LogP contribution in [0.4, 0.5) is 13.2 Å². The monoisotopic (exact) mass is 414 g/mol. The Balaban J connectivity index is 2.23. The van der Waals surface area contributed by atoms with Crippen LogP contribution < -0.4 is 10.1 Å². The number of rotatable bonds is 12. The molecule has 1 aromatic heterocycles. The van der Waals surface area contributed by atoms with E-state index in [1.165, 1.54) is 0 Å². The molecule has 0 aliphatic heterocycles. The van der Waals surface area contributed by atoms with Gasteiger partial charge in [0.1, 0.15) is 12.4 Å². The zero-order valence-corrected chi connectivity index (χ0v) is 17.1. The minimum Gasteiger partial charge on any atom is -0.491 e. The summed E-state index contributed by atoms with van der Waals surface area (Å²) >= 11 is 0. The van der Waals surface area contributed by atoms with E-state index >= 15 is 0 Å². The summed E-state index contributed by atoms with van der Waals surface area (Å²) < 4.78 is 51.1. The lowest BCUT2D eigenvalue weighted by molar-refractivity contribution is -0.137. The molecule has 0 saturated heterocycles. The summed E-state index contributed by atoms with van der Waals surface area (Å²) in [4.78, 5) is 2.07. The molecule has 2 aromatic rings. The molecular formula is C20H29F3N4O2. The maximum absolute atomic E-state index is 13.4. The van der Waals surface area contributed by atoms with E-state index in [1.54, 1.807) is 12.3 Å². The lowest BCUT2D eigenvalue weighted by Crippen LogP contribution is -2.27. The number of ether oxygens (including phenoxy) is 2. The maximum Gasteiger partial charge on any atom is 0.416 e. The second kappa shape index (κ2) is 11.2. The number of hydrogen-bond acceptors (Lipinski definition) is 5. The molecule has 0 saturated carbocycles. The van der Waals surface area contributed by atoms with Crippen LogP contribution in [0.1, 0.15) is 24.5 Å². The zero-order valence-electron chi connectivity index (χ0n) is 17.1. The van der Waals surface area contributed by atoms with Gasteiger partial charge in [0, 0.05) is 37.4 Å². The second-order valence-corrected chi connectivity index (χ2v) is 6.82. The van der Waals surface area contributed by atoms with Crippen LogP contribution in [0.25, 0.3) is 11.3 Å². The fraction of sp³-hybridized carbons (Fsp3) is 0.550. The van der Waals surface area contributed by atoms with Crippen LogP contribution in [0.15, 0.2) is 24.4 Å². The summed E-state index contributed by atoms with van der Waals surface area (Å²) in [6.45, 7) is 5.26. The number of alkyl halides is 3. The highest BCUT2D eigenvalue weighted by atomic mass is 19.4. The van der Waals surface area contributed by atoms with Crippen molar-refractivity contribution in [2.24, 2.45) is 0 Å². The van der Waals surface area contributed by atoms with E-state index in [0.717, 1.165) is 37.2 Å². The van der Waals surface area contributed by atoms with Gasteiger partial charge in [0.25, 0.3) is 0 Å². The highest BCUT2D eigenvalue weighted by Crippen LogP contribution is 2.36. The van der Waals surface area contributed by atoms with Gasteiger partial charge in [0.2, 0.25) is 0 Å². The van der Waals surface area contributed by atoms with Crippen LogP contribution in [-0.2, 0) is 17.5 Å². The molecule has 2 N–H and O–H groups in total. The summed E-state index contributed by atoms with van der Waals surface area (Å²) in [6.07, 6.45) is -1.96. The molecule has 0 atom stereocenters. The van der Waals surface area contributed by atoms with Crippen LogP contribution in [-0.4, -0.2) is 62.1 Å². The second-order valence-electron chi connectivity index (χ2n) is 6.82. The number of likely N-dealkylation sites (N-methyl/N-ethyl adjacent to an activating group) is 2. The van der Waals surface area contributed by atoms with Gasteiger partial charge >= 0.3 is 6.18 Å². The number of aromatic amines is 1. The molecule has 0 fully saturated rings. The first kappa shape index (κ1) is 23.2. The lowest BCUT2D eigenvalue weighted by Gasteiger charge is -2.17. The number of nitrogens with one attached hydrogen (secondary N) is 2. The van der Waals surface area contributed by atoms with Crippen molar-refractivity contribution in [3.63, 3.8) is 0 Å². The molecule has 6 nitrogen and oxygen atoms in total. The predicted molar refractivity (Wildman–Crippen MR) is 106 cm³/mol. The van der Waals surface area contributed by atoms with Gasteiger partial charge in [0.05, 0.1) is 24.1 Å². The van der Waals surface area contributed by atoms with Gasteiger partial charge in [-0.3, -0.25) is 5.10 Å². The average molecular weight is 414 g/mol. The molecule has 0 unspecified atom stereocenters. The first-order chi connectivity index (χ1) is 13.8. The third-order valence-electron chi connectivity index (χ3n) is 4.27. The van der Waals surface area contributed by atoms with Gasteiger partial charge in [-0.05, 0) is 38.7 Å². The van der Waals surface area contributed by atoms with Crippen LogP contribution in [0.5, 0.6) is 5.75 Å². The van der Waals surface area contributed by atoms with Crippen LogP contribution >= 0.6 is 0 Å². The largest absolute Gasteiger partial charge is 0.491 e. The molecule has 0 amide bonds. The molecule has 2 rings (SSSR count). The van der Waals surface area contributed by atoms with Crippen LogP contribution in [0.3, 0.4) is 0 Å². The van der Waals surface area contributed by atoms with Gasteiger partial charge in [-0.2, -0.15) is 18.3 Å². The Morgan fingerprint density at radius 2 is 1.97 bits per heavy atom. The van der Waals surface area contributed by atoms with Crippen molar-refractivity contribution in [3.8, 4) is 17.0 Å². The Labute approximate surface area is 169 Å². The van der Waals surface area contributed by atoms with Gasteiger partial charge in [-0.25, -0.2) is 0 Å². The van der Waals surface area contributed by atoms with Crippen molar-refractivity contribution in [1.82, 2.24) is 20.4 Å². The summed E-state index contributed by atoms with van der Waals surface area (Å²) in [7, 11) is 3.82. The summed E-state index contributed by atoms with van der Waals surface area (Å²) in [6, 6.07) is 3.73. The quantitative estimate of drug-likeness (QED) is 0.520. The van der Waals surface area contributed by atoms with Crippen LogP contribution in [0.2, 0.25) is 0 Å². The van der Waals surface area contributed by atoms with E-state index in [4.69, 9.17) is 9.47 Å². The van der Waals surface area contributed by atoms with Crippen molar-refractivity contribution in [2.75, 3.05) is 47.0 Å². The molecule has 162 valence electrons. The highest BCUT2D eigenvalue weighted by Gasteiger charge is 2.32. The van der Waals surface area contributed by atoms with E-state index in [-0.39, 0.29) is 12.4 Å². The van der Waals surface area contributed by atoms with Gasteiger partial charge in [-0.15, -0.1) is 0 Å². The molecule has 29 heavy (non-hydrogen) atoms. The minimum absolute atomic E-state index is 0.152. The minimum atomic E-state index is -4.48. The molecule has 0 spiro atoms. The third kappa shape index (κ3) is 7.34. The number of hydrogen-bond donors (Lipinski definition) is 2. The smallest absolute Gasteiger partial charge is 0.416 e.